The largest absolute Gasteiger partial charge is 0.479 e. The van der Waals surface area contributed by atoms with Gasteiger partial charge in [-0.1, -0.05) is 35.5 Å². The van der Waals surface area contributed by atoms with Crippen LogP contribution < -0.4 is 10.1 Å². The Morgan fingerprint density at radius 3 is 2.71 bits per heavy atom. The van der Waals surface area contributed by atoms with Gasteiger partial charge in [-0.15, -0.1) is 5.10 Å². The number of carbonyl (C=O) groups is 2. The molecule has 1 aliphatic heterocycles. The third kappa shape index (κ3) is 4.00. The van der Waals surface area contributed by atoms with Crippen molar-refractivity contribution in [2.75, 3.05) is 20.2 Å². The van der Waals surface area contributed by atoms with E-state index in [0.717, 1.165) is 31.2 Å². The molecule has 2 heterocycles. The smallest absolute Gasteiger partial charge is 0.280 e. The minimum Gasteiger partial charge on any atom is -0.479 e. The highest BCUT2D eigenvalue weighted by Crippen LogP contribution is 2.25. The van der Waals surface area contributed by atoms with Gasteiger partial charge in [0.25, 0.3) is 5.91 Å². The van der Waals surface area contributed by atoms with E-state index in [-0.39, 0.29) is 23.4 Å². The van der Waals surface area contributed by atoms with Gasteiger partial charge in [0.1, 0.15) is 0 Å². The van der Waals surface area contributed by atoms with Gasteiger partial charge < -0.3 is 15.0 Å². The van der Waals surface area contributed by atoms with E-state index in [0.29, 0.717) is 31.6 Å². The Kier molecular flexibility index (Phi) is 5.27. The predicted octanol–water partition coefficient (Wildman–Crippen LogP) is 1.47. The molecule has 1 aromatic heterocycles. The summed E-state index contributed by atoms with van der Waals surface area (Å²) >= 11 is 0. The molecule has 2 fully saturated rings. The molecule has 1 unspecified atom stereocenters. The summed E-state index contributed by atoms with van der Waals surface area (Å²) in [4.78, 5) is 27.1. The van der Waals surface area contributed by atoms with Crippen molar-refractivity contribution in [1.29, 1.82) is 0 Å². The maximum absolute atomic E-state index is 13.0. The standard InChI is InChI=1S/C20H25N5O3/c1-28-20-17(22-23-25(20)12-14-6-3-2-4-7-14)19(27)24-11-5-8-15(13-24)18(26)21-16-9-10-16/h2-4,6-7,15-16H,5,8-13H2,1H3,(H,21,26). The predicted molar refractivity (Wildman–Crippen MR) is 102 cm³/mol. The summed E-state index contributed by atoms with van der Waals surface area (Å²) in [5, 5.41) is 11.2. The van der Waals surface area contributed by atoms with Crippen LogP contribution in [0.4, 0.5) is 0 Å². The number of ether oxygens (including phenoxy) is 1. The van der Waals surface area contributed by atoms with Crippen molar-refractivity contribution in [2.24, 2.45) is 5.92 Å². The molecule has 1 saturated heterocycles. The summed E-state index contributed by atoms with van der Waals surface area (Å²) in [5.41, 5.74) is 1.24. The topological polar surface area (TPSA) is 89.3 Å². The molecule has 2 amide bonds. The second-order valence-electron chi connectivity index (χ2n) is 7.46. The van der Waals surface area contributed by atoms with Gasteiger partial charge in [-0.3, -0.25) is 9.59 Å². The maximum Gasteiger partial charge on any atom is 0.280 e. The summed E-state index contributed by atoms with van der Waals surface area (Å²) in [5.74, 6) is 0.00171. The zero-order valence-corrected chi connectivity index (χ0v) is 16.0. The van der Waals surface area contributed by atoms with Gasteiger partial charge in [0.2, 0.25) is 17.5 Å². The minimum absolute atomic E-state index is 0.0553. The number of piperidine rings is 1. The van der Waals surface area contributed by atoms with Crippen molar-refractivity contribution in [3.63, 3.8) is 0 Å². The lowest BCUT2D eigenvalue weighted by Crippen LogP contribution is -2.46. The Balaban J connectivity index is 1.47. The number of benzene rings is 1. The molecule has 1 N–H and O–H groups in total. The molecular weight excluding hydrogens is 358 g/mol. The van der Waals surface area contributed by atoms with Crippen molar-refractivity contribution in [3.05, 3.63) is 41.6 Å². The van der Waals surface area contributed by atoms with Gasteiger partial charge in [-0.05, 0) is 31.2 Å². The fourth-order valence-electron chi connectivity index (χ4n) is 3.57. The van der Waals surface area contributed by atoms with Gasteiger partial charge in [-0.25, -0.2) is 4.68 Å². The minimum atomic E-state index is -0.236. The molecule has 1 atom stereocenters. The van der Waals surface area contributed by atoms with E-state index in [1.807, 2.05) is 30.3 Å². The molecule has 4 rings (SSSR count). The van der Waals surface area contributed by atoms with Crippen molar-refractivity contribution in [2.45, 2.75) is 38.3 Å². The number of amides is 2. The first-order chi connectivity index (χ1) is 13.7. The molecule has 1 aliphatic carbocycles. The van der Waals surface area contributed by atoms with E-state index < -0.39 is 0 Å². The van der Waals surface area contributed by atoms with Crippen LogP contribution in [-0.4, -0.2) is 57.9 Å². The molecule has 0 radical (unpaired) electrons. The lowest BCUT2D eigenvalue weighted by Gasteiger charge is -2.31. The quantitative estimate of drug-likeness (QED) is 0.816. The Morgan fingerprint density at radius 2 is 2.00 bits per heavy atom. The van der Waals surface area contributed by atoms with Gasteiger partial charge in [0, 0.05) is 19.1 Å². The molecule has 148 valence electrons. The Labute approximate surface area is 163 Å². The Bertz CT molecular complexity index is 847. The number of hydrogen-bond donors (Lipinski definition) is 1. The number of nitrogens with zero attached hydrogens (tertiary/aromatic N) is 4. The van der Waals surface area contributed by atoms with Crippen molar-refractivity contribution in [3.8, 4) is 5.88 Å². The third-order valence-corrected chi connectivity index (χ3v) is 5.26. The monoisotopic (exact) mass is 383 g/mol. The number of likely N-dealkylation sites (tertiary alicyclic amines) is 1. The lowest BCUT2D eigenvalue weighted by atomic mass is 9.97. The molecule has 28 heavy (non-hydrogen) atoms. The lowest BCUT2D eigenvalue weighted by molar-refractivity contribution is -0.126. The van der Waals surface area contributed by atoms with E-state index in [4.69, 9.17) is 4.74 Å². The number of nitrogens with one attached hydrogen (secondary N) is 1. The number of aromatic nitrogens is 3. The summed E-state index contributed by atoms with van der Waals surface area (Å²) in [6.07, 6.45) is 3.72. The molecule has 0 bridgehead atoms. The normalized spacial score (nSPS) is 19.3. The molecule has 8 heteroatoms. The van der Waals surface area contributed by atoms with E-state index >= 15 is 0 Å². The number of carbonyl (C=O) groups excluding carboxylic acids is 2. The van der Waals surface area contributed by atoms with Crippen molar-refractivity contribution >= 4 is 11.8 Å². The number of hydrogen-bond acceptors (Lipinski definition) is 5. The molecule has 1 aromatic carbocycles. The second-order valence-corrected chi connectivity index (χ2v) is 7.46. The zero-order chi connectivity index (χ0) is 19.5. The van der Waals surface area contributed by atoms with Gasteiger partial charge in [0.15, 0.2) is 0 Å². The van der Waals surface area contributed by atoms with Crippen LogP contribution in [0.25, 0.3) is 0 Å². The molecule has 8 nitrogen and oxygen atoms in total. The fraction of sp³-hybridized carbons (Fsp3) is 0.500. The highest BCUT2D eigenvalue weighted by molar-refractivity contribution is 5.95. The van der Waals surface area contributed by atoms with Crippen LogP contribution in [0.1, 0.15) is 41.7 Å². The first-order valence-electron chi connectivity index (χ1n) is 9.76. The van der Waals surface area contributed by atoms with E-state index in [9.17, 15) is 9.59 Å². The van der Waals surface area contributed by atoms with Crippen LogP contribution in [0.3, 0.4) is 0 Å². The number of methoxy groups -OCH3 is 1. The third-order valence-electron chi connectivity index (χ3n) is 5.26. The van der Waals surface area contributed by atoms with E-state index in [2.05, 4.69) is 15.6 Å². The van der Waals surface area contributed by atoms with Gasteiger partial charge in [0.05, 0.1) is 19.6 Å². The SMILES string of the molecule is COc1c(C(=O)N2CCCC(C(=O)NC3CC3)C2)nnn1Cc1ccccc1. The van der Waals surface area contributed by atoms with Crippen LogP contribution in [0.15, 0.2) is 30.3 Å². The summed E-state index contributed by atoms with van der Waals surface area (Å²) in [6, 6.07) is 10.1. The number of rotatable bonds is 6. The average Bonchev–Trinajstić information content (AvgIpc) is 3.46. The molecule has 0 spiro atoms. The van der Waals surface area contributed by atoms with E-state index in [1.165, 1.54) is 7.11 Å². The Hall–Kier alpha value is -2.90. The first kappa shape index (κ1) is 18.5. The van der Waals surface area contributed by atoms with Gasteiger partial charge >= 0.3 is 0 Å². The maximum atomic E-state index is 13.0. The van der Waals surface area contributed by atoms with Crippen LogP contribution >= 0.6 is 0 Å². The highest BCUT2D eigenvalue weighted by atomic mass is 16.5. The molecular formula is C20H25N5O3. The van der Waals surface area contributed by atoms with Crippen LogP contribution in [0.5, 0.6) is 5.88 Å². The highest BCUT2D eigenvalue weighted by Gasteiger charge is 2.34. The average molecular weight is 383 g/mol. The van der Waals surface area contributed by atoms with Crippen LogP contribution in [0.2, 0.25) is 0 Å². The summed E-state index contributed by atoms with van der Waals surface area (Å²) < 4.78 is 7.03. The molecule has 2 aliphatic rings. The van der Waals surface area contributed by atoms with Crippen LogP contribution in [0, 0.1) is 5.92 Å². The second kappa shape index (κ2) is 8.00. The molecule has 1 saturated carbocycles. The van der Waals surface area contributed by atoms with Crippen molar-refractivity contribution in [1.82, 2.24) is 25.2 Å². The van der Waals surface area contributed by atoms with E-state index in [1.54, 1.807) is 9.58 Å². The van der Waals surface area contributed by atoms with Crippen molar-refractivity contribution < 1.29 is 14.3 Å². The Morgan fingerprint density at radius 1 is 1.21 bits per heavy atom. The summed E-state index contributed by atoms with van der Waals surface area (Å²) in [7, 11) is 1.51. The first-order valence-corrected chi connectivity index (χ1v) is 9.76. The summed E-state index contributed by atoms with van der Waals surface area (Å²) in [6.45, 7) is 1.49. The molecule has 2 aromatic rings. The zero-order valence-electron chi connectivity index (χ0n) is 16.0. The fourth-order valence-corrected chi connectivity index (χ4v) is 3.57. The van der Waals surface area contributed by atoms with Gasteiger partial charge in [-0.2, -0.15) is 0 Å². The van der Waals surface area contributed by atoms with Crippen LogP contribution in [-0.2, 0) is 11.3 Å².